The lowest BCUT2D eigenvalue weighted by Crippen LogP contribution is -2.37. The predicted octanol–water partition coefficient (Wildman–Crippen LogP) is 3.35. The molecular formula is C21H37IN4O3S. The molecule has 1 heterocycles. The van der Waals surface area contributed by atoms with Gasteiger partial charge in [0.2, 0.25) is 10.0 Å². The molecule has 1 aliphatic rings. The van der Waals surface area contributed by atoms with E-state index in [0.717, 1.165) is 63.8 Å². The highest BCUT2D eigenvalue weighted by atomic mass is 127. The Kier molecular flexibility index (Phi) is 13.5. The molecule has 0 spiro atoms. The van der Waals surface area contributed by atoms with Crippen molar-refractivity contribution in [1.82, 2.24) is 14.9 Å². The molecule has 1 fully saturated rings. The lowest BCUT2D eigenvalue weighted by molar-refractivity contribution is 0.129. The average molecular weight is 553 g/mol. The van der Waals surface area contributed by atoms with Gasteiger partial charge in [-0.15, -0.1) is 24.0 Å². The van der Waals surface area contributed by atoms with E-state index in [1.165, 1.54) is 0 Å². The van der Waals surface area contributed by atoms with Gasteiger partial charge in [-0.3, -0.25) is 4.99 Å². The lowest BCUT2D eigenvalue weighted by Gasteiger charge is -2.26. The number of hydrogen-bond donors (Lipinski definition) is 2. The maximum Gasteiger partial charge on any atom is 0.243 e. The summed E-state index contributed by atoms with van der Waals surface area (Å²) in [6.07, 6.45) is 6.14. The minimum atomic E-state index is -3.41. The van der Waals surface area contributed by atoms with E-state index in [-0.39, 0.29) is 24.0 Å². The first kappa shape index (κ1) is 27.1. The summed E-state index contributed by atoms with van der Waals surface area (Å²) in [7, 11) is -1.68. The van der Waals surface area contributed by atoms with E-state index in [4.69, 9.17) is 4.74 Å². The molecule has 1 aromatic rings. The molecule has 0 aromatic heterocycles. The van der Waals surface area contributed by atoms with Crippen molar-refractivity contribution in [2.24, 2.45) is 4.99 Å². The maximum atomic E-state index is 12.9. The van der Waals surface area contributed by atoms with Crippen LogP contribution in [-0.2, 0) is 21.3 Å². The zero-order chi connectivity index (χ0) is 21.0. The van der Waals surface area contributed by atoms with Gasteiger partial charge in [-0.2, -0.15) is 4.31 Å². The maximum absolute atomic E-state index is 12.9. The van der Waals surface area contributed by atoms with Crippen LogP contribution in [0.2, 0.25) is 0 Å². The van der Waals surface area contributed by atoms with Crippen LogP contribution < -0.4 is 10.6 Å². The fourth-order valence-corrected chi connectivity index (χ4v) is 4.79. The second-order valence-electron chi connectivity index (χ2n) is 7.28. The minimum absolute atomic E-state index is 0. The number of benzene rings is 1. The molecule has 2 N–H and O–H groups in total. The molecule has 0 radical (unpaired) electrons. The normalized spacial score (nSPS) is 15.5. The van der Waals surface area contributed by atoms with Crippen molar-refractivity contribution in [2.45, 2.75) is 56.9 Å². The summed E-state index contributed by atoms with van der Waals surface area (Å²) in [6.45, 7) is 6.22. The minimum Gasteiger partial charge on any atom is -0.381 e. The van der Waals surface area contributed by atoms with Gasteiger partial charge in [-0.1, -0.05) is 31.9 Å². The van der Waals surface area contributed by atoms with Crippen LogP contribution in [0.5, 0.6) is 0 Å². The van der Waals surface area contributed by atoms with Crippen molar-refractivity contribution in [1.29, 1.82) is 0 Å². The van der Waals surface area contributed by atoms with Gasteiger partial charge in [-0.05, 0) is 43.4 Å². The Morgan fingerprint density at radius 2 is 1.87 bits per heavy atom. The van der Waals surface area contributed by atoms with Crippen molar-refractivity contribution in [3.63, 3.8) is 0 Å². The van der Waals surface area contributed by atoms with Crippen LogP contribution in [-0.4, -0.2) is 58.6 Å². The Hall–Kier alpha value is -0.910. The Labute approximate surface area is 199 Å². The molecule has 0 saturated carbocycles. The lowest BCUT2D eigenvalue weighted by atomic mass is 10.2. The van der Waals surface area contributed by atoms with Gasteiger partial charge in [-0.25, -0.2) is 8.42 Å². The number of sulfonamides is 1. The monoisotopic (exact) mass is 552 g/mol. The second kappa shape index (κ2) is 15.0. The SMILES string of the molecule is CCCCOCCCNC(=NC)NCc1cccc(S(=O)(=O)N2CCCCC2)c1.I. The van der Waals surface area contributed by atoms with E-state index >= 15 is 0 Å². The van der Waals surface area contributed by atoms with Crippen LogP contribution in [0.1, 0.15) is 51.0 Å². The fourth-order valence-electron chi connectivity index (χ4n) is 3.21. The second-order valence-corrected chi connectivity index (χ2v) is 9.22. The Morgan fingerprint density at radius 1 is 1.13 bits per heavy atom. The van der Waals surface area contributed by atoms with Gasteiger partial charge in [0.15, 0.2) is 5.96 Å². The smallest absolute Gasteiger partial charge is 0.243 e. The summed E-state index contributed by atoms with van der Waals surface area (Å²) in [5.41, 5.74) is 0.911. The Balaban J connectivity index is 0.00000450. The van der Waals surface area contributed by atoms with Crippen LogP contribution in [0.3, 0.4) is 0 Å². The third-order valence-corrected chi connectivity index (χ3v) is 6.83. The van der Waals surface area contributed by atoms with E-state index in [1.807, 2.05) is 6.07 Å². The average Bonchev–Trinajstić information content (AvgIpc) is 2.76. The van der Waals surface area contributed by atoms with Crippen molar-refractivity contribution in [2.75, 3.05) is 39.9 Å². The Morgan fingerprint density at radius 3 is 2.57 bits per heavy atom. The topological polar surface area (TPSA) is 83.0 Å². The number of ether oxygens (including phenoxy) is 1. The number of guanidine groups is 1. The van der Waals surface area contributed by atoms with Gasteiger partial charge in [0.1, 0.15) is 0 Å². The largest absolute Gasteiger partial charge is 0.381 e. The molecule has 0 unspecified atom stereocenters. The standard InChI is InChI=1S/C21H36N4O3S.HI/c1-3-4-15-28-16-9-12-23-21(22-2)24-18-19-10-8-11-20(17-19)29(26,27)25-13-6-5-7-14-25;/h8,10-11,17H,3-7,9,12-16,18H2,1-2H3,(H2,22,23,24);1H. The van der Waals surface area contributed by atoms with Gasteiger partial charge in [0.25, 0.3) is 0 Å². The highest BCUT2D eigenvalue weighted by molar-refractivity contribution is 14.0. The van der Waals surface area contributed by atoms with Crippen LogP contribution >= 0.6 is 24.0 Å². The third-order valence-electron chi connectivity index (χ3n) is 4.93. The summed E-state index contributed by atoms with van der Waals surface area (Å²) in [5, 5.41) is 6.50. The molecule has 0 bridgehead atoms. The van der Waals surface area contributed by atoms with Crippen molar-refractivity contribution >= 4 is 40.0 Å². The number of aliphatic imine (C=N–C) groups is 1. The molecular weight excluding hydrogens is 515 g/mol. The number of hydrogen-bond acceptors (Lipinski definition) is 4. The predicted molar refractivity (Wildman–Crippen MR) is 133 cm³/mol. The first-order chi connectivity index (χ1) is 14.1. The molecule has 30 heavy (non-hydrogen) atoms. The number of rotatable bonds is 11. The molecule has 0 aliphatic carbocycles. The van der Waals surface area contributed by atoms with E-state index in [0.29, 0.717) is 30.5 Å². The highest BCUT2D eigenvalue weighted by Crippen LogP contribution is 2.21. The van der Waals surface area contributed by atoms with E-state index in [1.54, 1.807) is 29.6 Å². The molecule has 1 aromatic carbocycles. The summed E-state index contributed by atoms with van der Waals surface area (Å²) in [6, 6.07) is 7.17. The number of halogens is 1. The zero-order valence-corrected chi connectivity index (χ0v) is 21.4. The number of nitrogens with zero attached hydrogens (tertiary/aromatic N) is 2. The summed E-state index contributed by atoms with van der Waals surface area (Å²) in [4.78, 5) is 4.59. The molecule has 9 heteroatoms. The summed E-state index contributed by atoms with van der Waals surface area (Å²) < 4.78 is 32.9. The number of piperidine rings is 1. The molecule has 1 saturated heterocycles. The zero-order valence-electron chi connectivity index (χ0n) is 18.2. The van der Waals surface area contributed by atoms with Crippen molar-refractivity contribution in [3.05, 3.63) is 29.8 Å². The molecule has 172 valence electrons. The van der Waals surface area contributed by atoms with Gasteiger partial charge < -0.3 is 15.4 Å². The molecule has 2 rings (SSSR count). The van der Waals surface area contributed by atoms with Crippen LogP contribution in [0.4, 0.5) is 0 Å². The van der Waals surface area contributed by atoms with Crippen molar-refractivity contribution in [3.8, 4) is 0 Å². The summed E-state index contributed by atoms with van der Waals surface area (Å²) >= 11 is 0. The molecule has 0 atom stereocenters. The molecule has 7 nitrogen and oxygen atoms in total. The van der Waals surface area contributed by atoms with Crippen LogP contribution in [0.15, 0.2) is 34.2 Å². The number of unbranched alkanes of at least 4 members (excludes halogenated alkanes) is 1. The first-order valence-corrected chi connectivity index (χ1v) is 12.1. The fraction of sp³-hybridized carbons (Fsp3) is 0.667. The first-order valence-electron chi connectivity index (χ1n) is 10.7. The van der Waals surface area contributed by atoms with Crippen LogP contribution in [0, 0.1) is 0 Å². The van der Waals surface area contributed by atoms with Gasteiger partial charge >= 0.3 is 0 Å². The van der Waals surface area contributed by atoms with Crippen molar-refractivity contribution < 1.29 is 13.2 Å². The molecule has 1 aliphatic heterocycles. The molecule has 0 amide bonds. The van der Waals surface area contributed by atoms with Gasteiger partial charge in [0.05, 0.1) is 4.90 Å². The quantitative estimate of drug-likeness (QED) is 0.191. The van der Waals surface area contributed by atoms with E-state index in [2.05, 4.69) is 22.5 Å². The number of nitrogens with one attached hydrogen (secondary N) is 2. The van der Waals surface area contributed by atoms with Crippen LogP contribution in [0.25, 0.3) is 0 Å². The summed E-state index contributed by atoms with van der Waals surface area (Å²) in [5.74, 6) is 0.697. The highest BCUT2D eigenvalue weighted by Gasteiger charge is 2.25. The Bertz CT molecular complexity index is 738. The third kappa shape index (κ3) is 9.07. The van der Waals surface area contributed by atoms with E-state index in [9.17, 15) is 8.42 Å². The van der Waals surface area contributed by atoms with E-state index < -0.39 is 10.0 Å². The van der Waals surface area contributed by atoms with Gasteiger partial charge in [0, 0.05) is 46.4 Å².